The first-order valence-corrected chi connectivity index (χ1v) is 8.75. The molecule has 2 aromatic heterocycles. The molecule has 0 saturated heterocycles. The Balaban J connectivity index is 2.01. The van der Waals surface area contributed by atoms with E-state index in [1.165, 1.54) is 11.3 Å². The van der Waals surface area contributed by atoms with Crippen molar-refractivity contribution in [1.82, 2.24) is 15.3 Å². The summed E-state index contributed by atoms with van der Waals surface area (Å²) < 4.78 is 10.4. The smallest absolute Gasteiger partial charge is 0.267 e. The monoisotopic (exact) mass is 352 g/mol. The molecule has 9 heteroatoms. The van der Waals surface area contributed by atoms with Crippen LogP contribution in [0, 0.1) is 6.92 Å². The number of carbonyl (C=O) groups excluding carboxylic acids is 1. The number of aryl methyl sites for hydroxylation is 1. The summed E-state index contributed by atoms with van der Waals surface area (Å²) in [5.41, 5.74) is 0.812. The topological polar surface area (TPSA) is 85.7 Å². The van der Waals surface area contributed by atoms with Crippen molar-refractivity contribution in [3.63, 3.8) is 0 Å². The van der Waals surface area contributed by atoms with Crippen molar-refractivity contribution in [2.45, 2.75) is 13.5 Å². The molecule has 0 spiro atoms. The predicted octanol–water partition coefficient (Wildman–Crippen LogP) is 1.99. The summed E-state index contributed by atoms with van der Waals surface area (Å²) in [7, 11) is 3.14. The van der Waals surface area contributed by atoms with E-state index in [2.05, 4.69) is 20.3 Å². The highest BCUT2D eigenvalue weighted by molar-refractivity contribution is 8.14. The van der Waals surface area contributed by atoms with Gasteiger partial charge in [0.1, 0.15) is 11.4 Å². The maximum Gasteiger partial charge on any atom is 0.267 e. The number of rotatable bonds is 4. The Morgan fingerprint density at radius 3 is 2.83 bits per heavy atom. The SMILES string of the molecule is COCc1nc(OC)c2c(C)c(C(=O)NC3=NCCS3)sc2n1. The molecule has 0 aromatic carbocycles. The summed E-state index contributed by atoms with van der Waals surface area (Å²) in [6.45, 7) is 2.91. The number of aromatic nitrogens is 2. The minimum absolute atomic E-state index is 0.172. The highest BCUT2D eigenvalue weighted by Gasteiger charge is 2.22. The first kappa shape index (κ1) is 16.2. The summed E-state index contributed by atoms with van der Waals surface area (Å²) in [6.07, 6.45) is 0. The molecule has 0 unspecified atom stereocenters. The second-order valence-corrected chi connectivity index (χ2v) is 6.89. The van der Waals surface area contributed by atoms with Gasteiger partial charge in [-0.1, -0.05) is 11.8 Å². The molecule has 0 fully saturated rings. The van der Waals surface area contributed by atoms with Gasteiger partial charge in [0.05, 0.1) is 23.9 Å². The van der Waals surface area contributed by atoms with Crippen molar-refractivity contribution in [2.75, 3.05) is 26.5 Å². The highest BCUT2D eigenvalue weighted by Crippen LogP contribution is 2.35. The molecule has 0 bridgehead atoms. The molecule has 122 valence electrons. The van der Waals surface area contributed by atoms with Gasteiger partial charge in [0.2, 0.25) is 5.88 Å². The van der Waals surface area contributed by atoms with Crippen molar-refractivity contribution in [2.24, 2.45) is 4.99 Å². The number of fused-ring (bicyclic) bond motifs is 1. The summed E-state index contributed by atoms with van der Waals surface area (Å²) in [6, 6.07) is 0. The van der Waals surface area contributed by atoms with E-state index in [-0.39, 0.29) is 12.5 Å². The zero-order valence-electron chi connectivity index (χ0n) is 13.0. The van der Waals surface area contributed by atoms with E-state index in [1.807, 2.05) is 6.92 Å². The van der Waals surface area contributed by atoms with Crippen molar-refractivity contribution in [3.05, 3.63) is 16.3 Å². The maximum atomic E-state index is 12.5. The van der Waals surface area contributed by atoms with Gasteiger partial charge in [-0.2, -0.15) is 4.98 Å². The van der Waals surface area contributed by atoms with E-state index >= 15 is 0 Å². The molecule has 3 rings (SSSR count). The molecule has 0 radical (unpaired) electrons. The van der Waals surface area contributed by atoms with Crippen LogP contribution in [0.1, 0.15) is 21.1 Å². The quantitative estimate of drug-likeness (QED) is 0.906. The van der Waals surface area contributed by atoms with Crippen molar-refractivity contribution < 1.29 is 14.3 Å². The van der Waals surface area contributed by atoms with Crippen LogP contribution in [-0.4, -0.2) is 47.6 Å². The maximum absolute atomic E-state index is 12.5. The van der Waals surface area contributed by atoms with E-state index < -0.39 is 0 Å². The number of hydrogen-bond acceptors (Lipinski definition) is 8. The molecule has 0 atom stereocenters. The average molecular weight is 352 g/mol. The molecule has 0 saturated carbocycles. The summed E-state index contributed by atoms with van der Waals surface area (Å²) in [5.74, 6) is 1.72. The lowest BCUT2D eigenvalue weighted by molar-refractivity contribution is 0.0981. The standard InChI is InChI=1S/C14H16N4O3S2/c1-7-9-12(21-3)16-8(6-20-2)17-13(9)23-10(7)11(19)18-14-15-4-5-22-14/h4-6H2,1-3H3,(H,15,18,19). The normalized spacial score (nSPS) is 14.1. The van der Waals surface area contributed by atoms with Gasteiger partial charge < -0.3 is 14.8 Å². The molecular formula is C14H16N4O3S2. The van der Waals surface area contributed by atoms with E-state index in [0.717, 1.165) is 23.2 Å². The molecule has 2 aromatic rings. The summed E-state index contributed by atoms with van der Waals surface area (Å²) in [4.78, 5) is 26.8. The van der Waals surface area contributed by atoms with E-state index in [0.29, 0.717) is 26.6 Å². The van der Waals surface area contributed by atoms with Crippen LogP contribution in [-0.2, 0) is 11.3 Å². The predicted molar refractivity (Wildman–Crippen MR) is 91.6 cm³/mol. The van der Waals surface area contributed by atoms with Gasteiger partial charge in [0, 0.05) is 12.9 Å². The minimum atomic E-state index is -0.172. The van der Waals surface area contributed by atoms with Crippen LogP contribution in [0.15, 0.2) is 4.99 Å². The number of nitrogens with one attached hydrogen (secondary N) is 1. The molecule has 0 aliphatic carbocycles. The third-order valence-corrected chi connectivity index (χ3v) is 5.36. The molecule has 1 amide bonds. The fraction of sp³-hybridized carbons (Fsp3) is 0.429. The lowest BCUT2D eigenvalue weighted by Gasteiger charge is -2.05. The molecule has 23 heavy (non-hydrogen) atoms. The van der Waals surface area contributed by atoms with Crippen LogP contribution in [0.2, 0.25) is 0 Å². The molecule has 1 N–H and O–H groups in total. The number of methoxy groups -OCH3 is 2. The van der Waals surface area contributed by atoms with E-state index in [1.54, 1.807) is 26.0 Å². The Kier molecular flexibility index (Phi) is 4.79. The number of thioether (sulfide) groups is 1. The van der Waals surface area contributed by atoms with Crippen LogP contribution in [0.3, 0.4) is 0 Å². The number of hydrogen-bond donors (Lipinski definition) is 1. The van der Waals surface area contributed by atoms with Crippen LogP contribution in [0.4, 0.5) is 0 Å². The number of ether oxygens (including phenoxy) is 2. The number of amides is 1. The lowest BCUT2D eigenvalue weighted by Crippen LogP contribution is -2.27. The van der Waals surface area contributed by atoms with Crippen molar-refractivity contribution >= 4 is 44.4 Å². The highest BCUT2D eigenvalue weighted by atomic mass is 32.2. The lowest BCUT2D eigenvalue weighted by atomic mass is 10.2. The van der Waals surface area contributed by atoms with Crippen molar-refractivity contribution in [1.29, 1.82) is 0 Å². The molecule has 3 heterocycles. The van der Waals surface area contributed by atoms with Gasteiger partial charge in [-0.3, -0.25) is 9.79 Å². The van der Waals surface area contributed by atoms with Crippen LogP contribution in [0.5, 0.6) is 5.88 Å². The van der Waals surface area contributed by atoms with Gasteiger partial charge >= 0.3 is 0 Å². The second kappa shape index (κ2) is 6.81. The molecule has 1 aliphatic heterocycles. The third kappa shape index (κ3) is 3.17. The average Bonchev–Trinajstić information content (AvgIpc) is 3.15. The molecular weight excluding hydrogens is 336 g/mol. The van der Waals surface area contributed by atoms with Crippen LogP contribution < -0.4 is 10.1 Å². The van der Waals surface area contributed by atoms with Crippen LogP contribution >= 0.6 is 23.1 Å². The van der Waals surface area contributed by atoms with Gasteiger partial charge in [-0.25, -0.2) is 4.98 Å². The van der Waals surface area contributed by atoms with Gasteiger partial charge in [0.25, 0.3) is 5.91 Å². The Morgan fingerprint density at radius 1 is 1.35 bits per heavy atom. The Bertz CT molecular complexity index is 788. The van der Waals surface area contributed by atoms with Crippen molar-refractivity contribution in [3.8, 4) is 5.88 Å². The number of carbonyl (C=O) groups is 1. The Labute approximate surface area is 141 Å². The molecule has 7 nitrogen and oxygen atoms in total. The fourth-order valence-corrected chi connectivity index (χ4v) is 4.08. The zero-order chi connectivity index (χ0) is 16.4. The third-order valence-electron chi connectivity index (χ3n) is 3.28. The summed E-state index contributed by atoms with van der Waals surface area (Å²) >= 11 is 2.87. The second-order valence-electron chi connectivity index (χ2n) is 4.81. The molecule has 1 aliphatic rings. The number of nitrogens with zero attached hydrogens (tertiary/aromatic N) is 3. The number of thiophene rings is 1. The Hall–Kier alpha value is -1.71. The van der Waals surface area contributed by atoms with Gasteiger partial charge in [0.15, 0.2) is 11.0 Å². The number of aliphatic imine (C=N–C) groups is 1. The van der Waals surface area contributed by atoms with E-state index in [4.69, 9.17) is 9.47 Å². The summed E-state index contributed by atoms with van der Waals surface area (Å²) in [5, 5.41) is 4.28. The first-order valence-electron chi connectivity index (χ1n) is 6.95. The fourth-order valence-electron chi connectivity index (χ4n) is 2.27. The van der Waals surface area contributed by atoms with Gasteiger partial charge in [-0.05, 0) is 12.5 Å². The largest absolute Gasteiger partial charge is 0.480 e. The number of amidine groups is 1. The van der Waals surface area contributed by atoms with Crippen LogP contribution in [0.25, 0.3) is 10.2 Å². The first-order chi connectivity index (χ1) is 11.1. The van der Waals surface area contributed by atoms with Gasteiger partial charge in [-0.15, -0.1) is 11.3 Å². The zero-order valence-corrected chi connectivity index (χ0v) is 14.6. The van der Waals surface area contributed by atoms with E-state index in [9.17, 15) is 4.79 Å². The Morgan fingerprint density at radius 2 is 2.17 bits per heavy atom. The minimum Gasteiger partial charge on any atom is -0.480 e.